The Labute approximate surface area is 149 Å². The van der Waals surface area contributed by atoms with E-state index in [1.54, 1.807) is 0 Å². The Morgan fingerprint density at radius 1 is 1.12 bits per heavy atom. The molecule has 3 fully saturated rings. The molecule has 136 valence electrons. The van der Waals surface area contributed by atoms with Gasteiger partial charge < -0.3 is 14.7 Å². The Balaban J connectivity index is 1.37. The minimum absolute atomic E-state index is 0.113. The summed E-state index contributed by atoms with van der Waals surface area (Å²) in [4.78, 5) is 17.2. The van der Waals surface area contributed by atoms with Gasteiger partial charge in [-0.15, -0.1) is 0 Å². The van der Waals surface area contributed by atoms with E-state index in [1.165, 1.54) is 12.0 Å². The lowest BCUT2D eigenvalue weighted by atomic mass is 9.75. The van der Waals surface area contributed by atoms with E-state index in [4.69, 9.17) is 4.74 Å². The fourth-order valence-corrected chi connectivity index (χ4v) is 4.63. The molecule has 1 aromatic rings. The van der Waals surface area contributed by atoms with Crippen molar-refractivity contribution in [3.8, 4) is 0 Å². The quantitative estimate of drug-likeness (QED) is 0.903. The van der Waals surface area contributed by atoms with Crippen LogP contribution in [0.1, 0.15) is 24.8 Å². The van der Waals surface area contributed by atoms with Gasteiger partial charge >= 0.3 is 0 Å². The molecule has 5 heteroatoms. The first kappa shape index (κ1) is 17.0. The molecule has 2 saturated heterocycles. The summed E-state index contributed by atoms with van der Waals surface area (Å²) in [6.07, 6.45) is 2.66. The van der Waals surface area contributed by atoms with Gasteiger partial charge in [-0.1, -0.05) is 36.8 Å². The van der Waals surface area contributed by atoms with Crippen molar-refractivity contribution in [1.82, 2.24) is 9.80 Å². The summed E-state index contributed by atoms with van der Waals surface area (Å²) in [6.45, 7) is 4.36. The molecule has 2 aliphatic heterocycles. The molecule has 2 bridgehead atoms. The van der Waals surface area contributed by atoms with Crippen molar-refractivity contribution in [3.05, 3.63) is 35.9 Å². The molecule has 0 radical (unpaired) electrons. The second-order valence-electron chi connectivity index (χ2n) is 7.77. The molecule has 1 saturated carbocycles. The van der Waals surface area contributed by atoms with Crippen LogP contribution in [0, 0.1) is 11.8 Å². The van der Waals surface area contributed by atoms with Crippen molar-refractivity contribution in [2.24, 2.45) is 11.8 Å². The maximum Gasteiger partial charge on any atom is 0.253 e. The van der Waals surface area contributed by atoms with E-state index in [2.05, 4.69) is 29.2 Å². The Kier molecular flexibility index (Phi) is 5.06. The predicted octanol–water partition coefficient (Wildman–Crippen LogP) is 1.51. The van der Waals surface area contributed by atoms with E-state index < -0.39 is 0 Å². The maximum absolute atomic E-state index is 13.0. The highest BCUT2D eigenvalue weighted by Gasteiger charge is 2.41. The van der Waals surface area contributed by atoms with Gasteiger partial charge in [0.25, 0.3) is 5.91 Å². The number of hydrogen-bond donors (Lipinski definition) is 1. The minimum Gasteiger partial charge on any atom is -0.392 e. The predicted molar refractivity (Wildman–Crippen MR) is 94.9 cm³/mol. The number of carbonyl (C=O) groups is 1. The summed E-state index contributed by atoms with van der Waals surface area (Å²) >= 11 is 0. The number of piperidine rings is 1. The fraction of sp³-hybridized carbons (Fsp3) is 0.650. The smallest absolute Gasteiger partial charge is 0.253 e. The number of carbonyl (C=O) groups excluding carboxylic acids is 1. The summed E-state index contributed by atoms with van der Waals surface area (Å²) in [7, 11) is 0. The van der Waals surface area contributed by atoms with Gasteiger partial charge in [0, 0.05) is 44.6 Å². The zero-order valence-corrected chi connectivity index (χ0v) is 14.7. The largest absolute Gasteiger partial charge is 0.392 e. The molecule has 3 unspecified atom stereocenters. The lowest BCUT2D eigenvalue weighted by Crippen LogP contribution is -2.58. The van der Waals surface area contributed by atoms with Crippen LogP contribution in [0.5, 0.6) is 0 Å². The minimum atomic E-state index is -0.367. The molecule has 0 spiro atoms. The van der Waals surface area contributed by atoms with Crippen molar-refractivity contribution in [1.29, 1.82) is 0 Å². The van der Waals surface area contributed by atoms with Crippen LogP contribution in [0.15, 0.2) is 30.3 Å². The van der Waals surface area contributed by atoms with Gasteiger partial charge in [0.05, 0.1) is 12.7 Å². The lowest BCUT2D eigenvalue weighted by Gasteiger charge is -2.46. The highest BCUT2D eigenvalue weighted by molar-refractivity contribution is 5.81. The van der Waals surface area contributed by atoms with Crippen LogP contribution in [0.25, 0.3) is 0 Å². The molecule has 4 rings (SSSR count). The van der Waals surface area contributed by atoms with Crippen molar-refractivity contribution in [2.75, 3.05) is 32.8 Å². The van der Waals surface area contributed by atoms with Crippen LogP contribution in [0.4, 0.5) is 0 Å². The average Bonchev–Trinajstić information content (AvgIpc) is 2.62. The van der Waals surface area contributed by atoms with Gasteiger partial charge in [-0.2, -0.15) is 0 Å². The third kappa shape index (κ3) is 3.73. The zero-order valence-electron chi connectivity index (χ0n) is 14.7. The van der Waals surface area contributed by atoms with Crippen LogP contribution >= 0.6 is 0 Å². The Morgan fingerprint density at radius 3 is 2.56 bits per heavy atom. The number of aliphatic hydroxyl groups excluding tert-OH is 1. The van der Waals surface area contributed by atoms with Gasteiger partial charge in [0.2, 0.25) is 0 Å². The Morgan fingerprint density at radius 2 is 1.84 bits per heavy atom. The number of likely N-dealkylation sites (tertiary alicyclic amines) is 1. The molecular formula is C20H28N2O3. The Hall–Kier alpha value is -1.43. The number of nitrogens with zero attached hydrogens (tertiary/aromatic N) is 2. The van der Waals surface area contributed by atoms with E-state index in [0.717, 1.165) is 25.9 Å². The number of amides is 1. The SMILES string of the molecule is O=C(C1CN(Cc2ccccc2)CCO1)N1CC2CCCC(C1)C2O. The van der Waals surface area contributed by atoms with Gasteiger partial charge in [0.15, 0.2) is 0 Å². The standard InChI is InChI=1S/C20H28N2O3/c23-19-16-7-4-8-17(19)13-22(12-16)20(24)18-14-21(9-10-25-18)11-15-5-2-1-3-6-15/h1-3,5-6,16-19,23H,4,7-14H2. The monoisotopic (exact) mass is 344 g/mol. The molecule has 1 aromatic carbocycles. The molecule has 2 heterocycles. The second kappa shape index (κ2) is 7.44. The number of hydrogen-bond acceptors (Lipinski definition) is 4. The second-order valence-corrected chi connectivity index (χ2v) is 7.77. The van der Waals surface area contributed by atoms with Crippen LogP contribution < -0.4 is 0 Å². The third-order valence-electron chi connectivity index (χ3n) is 6.01. The summed E-state index contributed by atoms with van der Waals surface area (Å²) in [6, 6.07) is 10.4. The number of fused-ring (bicyclic) bond motifs is 2. The molecule has 25 heavy (non-hydrogen) atoms. The maximum atomic E-state index is 13.0. The topological polar surface area (TPSA) is 53.0 Å². The summed E-state index contributed by atoms with van der Waals surface area (Å²) < 4.78 is 5.81. The normalized spacial score (nSPS) is 33.2. The summed E-state index contributed by atoms with van der Waals surface area (Å²) in [5, 5.41) is 10.3. The average molecular weight is 344 g/mol. The highest BCUT2D eigenvalue weighted by Crippen LogP contribution is 2.35. The molecular weight excluding hydrogens is 316 g/mol. The molecule has 3 aliphatic rings. The van der Waals surface area contributed by atoms with Crippen molar-refractivity contribution < 1.29 is 14.6 Å². The molecule has 0 aromatic heterocycles. The number of ether oxygens (including phenoxy) is 1. The number of morpholine rings is 1. The first-order valence-electron chi connectivity index (χ1n) is 9.55. The van der Waals surface area contributed by atoms with Crippen LogP contribution in [-0.2, 0) is 16.1 Å². The van der Waals surface area contributed by atoms with Crippen LogP contribution in [-0.4, -0.2) is 65.8 Å². The number of benzene rings is 1. The van der Waals surface area contributed by atoms with Gasteiger partial charge in [-0.05, 0) is 18.4 Å². The van der Waals surface area contributed by atoms with E-state index in [0.29, 0.717) is 26.2 Å². The summed E-state index contributed by atoms with van der Waals surface area (Å²) in [5.74, 6) is 0.613. The fourth-order valence-electron chi connectivity index (χ4n) is 4.63. The van der Waals surface area contributed by atoms with Crippen molar-refractivity contribution in [3.63, 3.8) is 0 Å². The van der Waals surface area contributed by atoms with Gasteiger partial charge in [0.1, 0.15) is 6.10 Å². The number of aliphatic hydroxyl groups is 1. The van der Waals surface area contributed by atoms with E-state index in [9.17, 15) is 9.90 Å². The lowest BCUT2D eigenvalue weighted by molar-refractivity contribution is -0.157. The first-order chi connectivity index (χ1) is 12.2. The third-order valence-corrected chi connectivity index (χ3v) is 6.01. The Bertz CT molecular complexity index is 580. The highest BCUT2D eigenvalue weighted by atomic mass is 16.5. The van der Waals surface area contributed by atoms with Gasteiger partial charge in [-0.3, -0.25) is 9.69 Å². The van der Waals surface area contributed by atoms with Gasteiger partial charge in [-0.25, -0.2) is 0 Å². The first-order valence-corrected chi connectivity index (χ1v) is 9.55. The molecule has 3 atom stereocenters. The van der Waals surface area contributed by atoms with Crippen molar-refractivity contribution >= 4 is 5.91 Å². The zero-order chi connectivity index (χ0) is 17.2. The van der Waals surface area contributed by atoms with Crippen LogP contribution in [0.3, 0.4) is 0 Å². The molecule has 1 N–H and O–H groups in total. The van der Waals surface area contributed by atoms with Crippen molar-refractivity contribution in [2.45, 2.75) is 38.0 Å². The molecule has 1 aliphatic carbocycles. The summed E-state index contributed by atoms with van der Waals surface area (Å²) in [5.41, 5.74) is 1.27. The van der Waals surface area contributed by atoms with Crippen LogP contribution in [0.2, 0.25) is 0 Å². The molecule has 1 amide bonds. The number of rotatable bonds is 3. The van der Waals surface area contributed by atoms with E-state index >= 15 is 0 Å². The molecule has 5 nitrogen and oxygen atoms in total. The van der Waals surface area contributed by atoms with E-state index in [-0.39, 0.29) is 30.0 Å². The van der Waals surface area contributed by atoms with E-state index in [1.807, 2.05) is 11.0 Å².